The van der Waals surface area contributed by atoms with Gasteiger partial charge in [-0.2, -0.15) is 0 Å². The average Bonchev–Trinajstić information content (AvgIpc) is 3.16. The van der Waals surface area contributed by atoms with E-state index in [-0.39, 0.29) is 11.3 Å². The summed E-state index contributed by atoms with van der Waals surface area (Å²) in [5.41, 5.74) is 3.14. The molecule has 2 unspecified atom stereocenters. The van der Waals surface area contributed by atoms with Gasteiger partial charge in [-0.05, 0) is 50.3 Å². The molecule has 3 heteroatoms. The van der Waals surface area contributed by atoms with Gasteiger partial charge in [0.2, 0.25) is 5.91 Å². The van der Waals surface area contributed by atoms with Crippen molar-refractivity contribution in [2.45, 2.75) is 43.6 Å². The van der Waals surface area contributed by atoms with Crippen LogP contribution >= 0.6 is 0 Å². The number of hydrogen-bond donors (Lipinski definition) is 1. The largest absolute Gasteiger partial charge is 0.342 e. The number of fused-ring (bicyclic) bond motifs is 2. The maximum absolute atomic E-state index is 12.8. The van der Waals surface area contributed by atoms with E-state index >= 15 is 0 Å². The van der Waals surface area contributed by atoms with Crippen LogP contribution in [-0.2, 0) is 16.6 Å². The number of benzene rings is 1. The third-order valence-electron chi connectivity index (χ3n) is 5.98. The summed E-state index contributed by atoms with van der Waals surface area (Å²) in [5, 5.41) is 3.33. The van der Waals surface area contributed by atoms with Crippen LogP contribution in [0.25, 0.3) is 0 Å². The van der Waals surface area contributed by atoms with Crippen molar-refractivity contribution < 1.29 is 4.79 Å². The number of rotatable bonds is 2. The summed E-state index contributed by atoms with van der Waals surface area (Å²) in [6, 6.07) is 9.34. The van der Waals surface area contributed by atoms with Crippen LogP contribution in [0.3, 0.4) is 0 Å². The van der Waals surface area contributed by atoms with Gasteiger partial charge in [-0.15, -0.1) is 0 Å². The van der Waals surface area contributed by atoms with Gasteiger partial charge < -0.3 is 10.2 Å². The first-order valence-corrected chi connectivity index (χ1v) is 8.29. The second-order valence-corrected chi connectivity index (χ2v) is 6.96. The number of nitrogens with zero attached hydrogens (tertiary/aromatic N) is 1. The molecule has 3 nitrogen and oxygen atoms in total. The number of carbonyl (C=O) groups excluding carboxylic acids is 1. The summed E-state index contributed by atoms with van der Waals surface area (Å²) in [6.45, 7) is 1.86. The molecule has 3 aliphatic rings. The molecular weight excluding hydrogens is 260 g/mol. The van der Waals surface area contributed by atoms with E-state index in [1.54, 1.807) is 0 Å². The fraction of sp³-hybridized carbons (Fsp3) is 0.611. The summed E-state index contributed by atoms with van der Waals surface area (Å²) in [5.74, 6) is 0.675. The van der Waals surface area contributed by atoms with Crippen molar-refractivity contribution in [3.8, 4) is 0 Å². The van der Waals surface area contributed by atoms with Crippen LogP contribution in [0.4, 0.5) is 0 Å². The molecule has 2 atom stereocenters. The molecule has 1 spiro atoms. The van der Waals surface area contributed by atoms with Gasteiger partial charge >= 0.3 is 0 Å². The Bertz CT molecular complexity index is 562. The van der Waals surface area contributed by atoms with E-state index < -0.39 is 0 Å². The first kappa shape index (κ1) is 13.3. The molecule has 4 rings (SSSR count). The van der Waals surface area contributed by atoms with Crippen LogP contribution in [-0.4, -0.2) is 37.0 Å². The van der Waals surface area contributed by atoms with Crippen LogP contribution in [0.5, 0.6) is 0 Å². The van der Waals surface area contributed by atoms with Crippen molar-refractivity contribution in [1.82, 2.24) is 10.2 Å². The lowest BCUT2D eigenvalue weighted by molar-refractivity contribution is -0.134. The standard InChI is InChI=1S/C18H24N2O/c1-19-14-7-10-20(11-8-14)17(21)16-12-18(16)9-6-13-4-2-3-5-15(13)18/h2-5,14,16,19H,6-12H2,1H3. The number of nitrogens with one attached hydrogen (secondary N) is 1. The second kappa shape index (κ2) is 4.84. The molecule has 1 N–H and O–H groups in total. The Morgan fingerprint density at radius 2 is 2.05 bits per heavy atom. The van der Waals surface area contributed by atoms with Gasteiger partial charge in [0.1, 0.15) is 0 Å². The molecular formula is C18H24N2O. The zero-order valence-electron chi connectivity index (χ0n) is 12.8. The molecule has 2 fully saturated rings. The average molecular weight is 284 g/mol. The van der Waals surface area contributed by atoms with Crippen molar-refractivity contribution in [2.24, 2.45) is 5.92 Å². The molecule has 1 saturated heterocycles. The van der Waals surface area contributed by atoms with Gasteiger partial charge in [0.15, 0.2) is 0 Å². The highest BCUT2D eigenvalue weighted by atomic mass is 16.2. The topological polar surface area (TPSA) is 32.3 Å². The lowest BCUT2D eigenvalue weighted by Gasteiger charge is -2.32. The molecule has 0 aromatic heterocycles. The van der Waals surface area contributed by atoms with Crippen molar-refractivity contribution in [3.63, 3.8) is 0 Å². The zero-order valence-corrected chi connectivity index (χ0v) is 12.8. The lowest BCUT2D eigenvalue weighted by Crippen LogP contribution is -2.45. The van der Waals surface area contributed by atoms with Crippen LogP contribution in [0, 0.1) is 5.92 Å². The SMILES string of the molecule is CNC1CCN(C(=O)C2CC23CCc2ccccc23)CC1. The minimum absolute atomic E-state index is 0.202. The van der Waals surface area contributed by atoms with E-state index in [1.807, 2.05) is 7.05 Å². The van der Waals surface area contributed by atoms with Gasteiger partial charge in [0.05, 0.1) is 0 Å². The van der Waals surface area contributed by atoms with Crippen LogP contribution < -0.4 is 5.32 Å². The molecule has 0 radical (unpaired) electrons. The van der Waals surface area contributed by atoms with Crippen molar-refractivity contribution >= 4 is 5.91 Å². The summed E-state index contributed by atoms with van der Waals surface area (Å²) >= 11 is 0. The van der Waals surface area contributed by atoms with Gasteiger partial charge in [-0.1, -0.05) is 24.3 Å². The Balaban J connectivity index is 1.47. The van der Waals surface area contributed by atoms with E-state index in [0.717, 1.165) is 38.8 Å². The molecule has 112 valence electrons. The smallest absolute Gasteiger partial charge is 0.226 e. The fourth-order valence-electron chi connectivity index (χ4n) is 4.53. The third kappa shape index (κ3) is 2.02. The molecule has 21 heavy (non-hydrogen) atoms. The Labute approximate surface area is 126 Å². The molecule has 2 aliphatic carbocycles. The number of carbonyl (C=O) groups is 1. The Morgan fingerprint density at radius 1 is 1.29 bits per heavy atom. The minimum atomic E-state index is 0.202. The van der Waals surface area contributed by atoms with E-state index in [4.69, 9.17) is 0 Å². The maximum Gasteiger partial charge on any atom is 0.226 e. The third-order valence-corrected chi connectivity index (χ3v) is 5.98. The zero-order chi connectivity index (χ0) is 14.4. The molecule has 1 aliphatic heterocycles. The lowest BCUT2D eigenvalue weighted by atomic mass is 9.94. The fourth-order valence-corrected chi connectivity index (χ4v) is 4.53. The molecule has 1 saturated carbocycles. The van der Waals surface area contributed by atoms with Gasteiger partial charge in [0.25, 0.3) is 0 Å². The van der Waals surface area contributed by atoms with Crippen LogP contribution in [0.2, 0.25) is 0 Å². The molecule has 1 heterocycles. The number of amides is 1. The molecule has 0 bridgehead atoms. The highest BCUT2D eigenvalue weighted by Gasteiger charge is 2.62. The maximum atomic E-state index is 12.8. The number of aryl methyl sites for hydroxylation is 1. The predicted octanol–water partition coefficient (Wildman–Crippen LogP) is 2.10. The normalized spacial score (nSPS) is 31.5. The Kier molecular flexibility index (Phi) is 3.07. The van der Waals surface area contributed by atoms with Crippen molar-refractivity contribution in [2.75, 3.05) is 20.1 Å². The summed E-state index contributed by atoms with van der Waals surface area (Å²) in [4.78, 5) is 15.0. The van der Waals surface area contributed by atoms with Crippen molar-refractivity contribution in [1.29, 1.82) is 0 Å². The van der Waals surface area contributed by atoms with E-state index in [1.165, 1.54) is 17.5 Å². The second-order valence-electron chi connectivity index (χ2n) is 6.96. The summed E-state index contributed by atoms with van der Waals surface area (Å²) in [6.07, 6.45) is 5.60. The number of piperidine rings is 1. The van der Waals surface area contributed by atoms with E-state index in [2.05, 4.69) is 34.5 Å². The highest BCUT2D eigenvalue weighted by molar-refractivity contribution is 5.85. The van der Waals surface area contributed by atoms with Crippen LogP contribution in [0.15, 0.2) is 24.3 Å². The van der Waals surface area contributed by atoms with Crippen molar-refractivity contribution in [3.05, 3.63) is 35.4 Å². The Morgan fingerprint density at radius 3 is 2.81 bits per heavy atom. The highest BCUT2D eigenvalue weighted by Crippen LogP contribution is 2.62. The summed E-state index contributed by atoms with van der Waals surface area (Å²) in [7, 11) is 2.02. The van der Waals surface area contributed by atoms with Crippen LogP contribution in [0.1, 0.15) is 36.8 Å². The first-order valence-electron chi connectivity index (χ1n) is 8.29. The Hall–Kier alpha value is -1.35. The first-order chi connectivity index (χ1) is 10.2. The summed E-state index contributed by atoms with van der Waals surface area (Å²) < 4.78 is 0. The van der Waals surface area contributed by atoms with Gasteiger partial charge in [0, 0.05) is 30.5 Å². The molecule has 1 aromatic rings. The van der Waals surface area contributed by atoms with Gasteiger partial charge in [-0.3, -0.25) is 4.79 Å². The number of likely N-dealkylation sites (tertiary alicyclic amines) is 1. The van der Waals surface area contributed by atoms with E-state index in [0.29, 0.717) is 11.9 Å². The monoisotopic (exact) mass is 284 g/mol. The molecule has 1 amide bonds. The number of hydrogen-bond acceptors (Lipinski definition) is 2. The van der Waals surface area contributed by atoms with Gasteiger partial charge in [-0.25, -0.2) is 0 Å². The predicted molar refractivity (Wildman–Crippen MR) is 83.2 cm³/mol. The minimum Gasteiger partial charge on any atom is -0.342 e. The molecule has 1 aromatic carbocycles. The van der Waals surface area contributed by atoms with E-state index in [9.17, 15) is 4.79 Å². The quantitative estimate of drug-likeness (QED) is 0.902.